The van der Waals surface area contributed by atoms with E-state index in [1.165, 1.54) is 0 Å². The Balaban J connectivity index is 2.54. The molecule has 3 nitrogen and oxygen atoms in total. The van der Waals surface area contributed by atoms with Gasteiger partial charge in [-0.1, -0.05) is 20.8 Å². The van der Waals surface area contributed by atoms with Gasteiger partial charge in [0.25, 0.3) is 0 Å². The van der Waals surface area contributed by atoms with Crippen LogP contribution in [-0.4, -0.2) is 27.2 Å². The highest BCUT2D eigenvalue weighted by Gasteiger charge is 2.39. The monoisotopic (exact) mass is 214 g/mol. The van der Waals surface area contributed by atoms with Gasteiger partial charge in [-0.25, -0.2) is 0 Å². The van der Waals surface area contributed by atoms with Crippen molar-refractivity contribution in [1.29, 1.82) is 0 Å². The Bertz CT molecular complexity index is 221. The Kier molecular flexibility index (Phi) is 3.37. The smallest absolute Gasteiger partial charge is 0.192 e. The van der Waals surface area contributed by atoms with E-state index in [9.17, 15) is 0 Å². The Morgan fingerprint density at radius 1 is 1.43 bits per heavy atom. The maximum atomic E-state index is 6.23. The molecule has 0 aromatic carbocycles. The fourth-order valence-electron chi connectivity index (χ4n) is 1.16. The molecular formula is C10H22N2OSi. The average Bonchev–Trinajstić information content (AvgIpc) is 2.03. The standard InChI is InChI=1S/C10H22N2OSi/c1-10(2,3)14(4,5)13-9-6-7-11-12-8-9/h7,9,12H,6,8H2,1-5H3/t9-/m1/s1. The molecule has 0 fully saturated rings. The molecular weight excluding hydrogens is 192 g/mol. The molecule has 4 heteroatoms. The molecule has 1 aliphatic rings. The number of hydrogen-bond donors (Lipinski definition) is 1. The summed E-state index contributed by atoms with van der Waals surface area (Å²) in [7, 11) is -1.59. The van der Waals surface area contributed by atoms with Crippen molar-refractivity contribution >= 4 is 14.5 Å². The molecule has 0 amide bonds. The fourth-order valence-corrected chi connectivity index (χ4v) is 2.52. The van der Waals surface area contributed by atoms with Gasteiger partial charge in [-0.3, -0.25) is 0 Å². The van der Waals surface area contributed by atoms with Gasteiger partial charge in [-0.05, 0) is 18.1 Å². The second-order valence-electron chi connectivity index (χ2n) is 5.41. The van der Waals surface area contributed by atoms with E-state index in [4.69, 9.17) is 4.43 Å². The lowest BCUT2D eigenvalue weighted by Gasteiger charge is -2.39. The molecule has 0 saturated carbocycles. The highest BCUT2D eigenvalue weighted by atomic mass is 28.4. The third-order valence-corrected chi connectivity index (χ3v) is 7.67. The molecule has 1 N–H and O–H groups in total. The highest BCUT2D eigenvalue weighted by Crippen LogP contribution is 2.37. The molecule has 1 rings (SSSR count). The first-order chi connectivity index (χ1) is 6.33. The lowest BCUT2D eigenvalue weighted by molar-refractivity contribution is 0.181. The second kappa shape index (κ2) is 4.02. The molecule has 0 bridgehead atoms. The van der Waals surface area contributed by atoms with Gasteiger partial charge >= 0.3 is 0 Å². The second-order valence-corrected chi connectivity index (χ2v) is 10.2. The number of nitrogens with zero attached hydrogens (tertiary/aromatic N) is 1. The number of hydrazone groups is 1. The van der Waals surface area contributed by atoms with E-state index in [1.54, 1.807) is 0 Å². The van der Waals surface area contributed by atoms with Crippen molar-refractivity contribution in [2.45, 2.75) is 51.4 Å². The Morgan fingerprint density at radius 3 is 2.50 bits per heavy atom. The van der Waals surface area contributed by atoms with E-state index in [-0.39, 0.29) is 0 Å². The van der Waals surface area contributed by atoms with Gasteiger partial charge < -0.3 is 9.85 Å². The van der Waals surface area contributed by atoms with E-state index >= 15 is 0 Å². The van der Waals surface area contributed by atoms with E-state index in [0.717, 1.165) is 13.0 Å². The summed E-state index contributed by atoms with van der Waals surface area (Å²) in [6.07, 6.45) is 3.16. The van der Waals surface area contributed by atoms with Gasteiger partial charge in [0.15, 0.2) is 8.32 Å². The summed E-state index contributed by atoms with van der Waals surface area (Å²) in [6.45, 7) is 12.2. The topological polar surface area (TPSA) is 33.6 Å². The van der Waals surface area contributed by atoms with Crippen LogP contribution in [0.4, 0.5) is 0 Å². The van der Waals surface area contributed by atoms with Crippen LogP contribution in [0, 0.1) is 0 Å². The molecule has 0 unspecified atom stereocenters. The molecule has 0 aromatic rings. The Labute approximate surface area is 88.1 Å². The van der Waals surface area contributed by atoms with Crippen molar-refractivity contribution in [3.05, 3.63) is 0 Å². The van der Waals surface area contributed by atoms with Crippen LogP contribution in [0.1, 0.15) is 27.2 Å². The highest BCUT2D eigenvalue weighted by molar-refractivity contribution is 6.74. The maximum Gasteiger partial charge on any atom is 0.192 e. The third-order valence-electron chi connectivity index (χ3n) is 3.14. The summed E-state index contributed by atoms with van der Waals surface area (Å²) < 4.78 is 6.23. The van der Waals surface area contributed by atoms with Crippen molar-refractivity contribution < 1.29 is 4.43 Å². The van der Waals surface area contributed by atoms with Crippen LogP contribution in [0.5, 0.6) is 0 Å². The van der Waals surface area contributed by atoms with Crippen LogP contribution in [-0.2, 0) is 4.43 Å². The zero-order valence-electron chi connectivity index (χ0n) is 9.92. The minimum atomic E-state index is -1.59. The molecule has 82 valence electrons. The number of nitrogens with one attached hydrogen (secondary N) is 1. The van der Waals surface area contributed by atoms with Crippen LogP contribution in [0.15, 0.2) is 5.10 Å². The van der Waals surface area contributed by atoms with Crippen LogP contribution < -0.4 is 5.43 Å². The van der Waals surface area contributed by atoms with Gasteiger partial charge in [0.1, 0.15) is 0 Å². The summed E-state index contributed by atoms with van der Waals surface area (Å²) in [5.41, 5.74) is 2.98. The molecule has 0 radical (unpaired) electrons. The lowest BCUT2D eigenvalue weighted by atomic mass is 10.2. The first kappa shape index (κ1) is 11.7. The summed E-state index contributed by atoms with van der Waals surface area (Å²) in [6, 6.07) is 0. The summed E-state index contributed by atoms with van der Waals surface area (Å²) in [5.74, 6) is 0. The minimum absolute atomic E-state index is 0.293. The van der Waals surface area contributed by atoms with Crippen molar-refractivity contribution in [3.63, 3.8) is 0 Å². The van der Waals surface area contributed by atoms with Crippen molar-refractivity contribution in [2.24, 2.45) is 5.10 Å². The molecule has 0 spiro atoms. The first-order valence-electron chi connectivity index (χ1n) is 5.25. The van der Waals surface area contributed by atoms with Gasteiger partial charge in [0, 0.05) is 12.6 Å². The van der Waals surface area contributed by atoms with Gasteiger partial charge in [0.2, 0.25) is 0 Å². The van der Waals surface area contributed by atoms with Crippen LogP contribution in [0.3, 0.4) is 0 Å². The Hall–Kier alpha value is -0.353. The molecule has 0 aliphatic carbocycles. The Morgan fingerprint density at radius 2 is 2.07 bits per heavy atom. The average molecular weight is 214 g/mol. The molecule has 1 atom stereocenters. The van der Waals surface area contributed by atoms with Gasteiger partial charge in [0.05, 0.1) is 12.6 Å². The normalized spacial score (nSPS) is 23.4. The zero-order chi connectivity index (χ0) is 10.8. The van der Waals surface area contributed by atoms with E-state index < -0.39 is 8.32 Å². The van der Waals surface area contributed by atoms with Gasteiger partial charge in [-0.2, -0.15) is 5.10 Å². The van der Waals surface area contributed by atoms with Crippen molar-refractivity contribution in [2.75, 3.05) is 6.54 Å². The van der Waals surface area contributed by atoms with Crippen LogP contribution in [0.25, 0.3) is 0 Å². The number of hydrogen-bond acceptors (Lipinski definition) is 3. The summed E-state index contributed by atoms with van der Waals surface area (Å²) in [4.78, 5) is 0. The maximum absolute atomic E-state index is 6.23. The fraction of sp³-hybridized carbons (Fsp3) is 0.900. The molecule has 0 saturated heterocycles. The molecule has 1 heterocycles. The lowest BCUT2D eigenvalue weighted by Crippen LogP contribution is -2.47. The van der Waals surface area contributed by atoms with Crippen LogP contribution >= 0.6 is 0 Å². The third kappa shape index (κ3) is 2.82. The predicted molar refractivity (Wildman–Crippen MR) is 63.2 cm³/mol. The molecule has 0 aromatic heterocycles. The van der Waals surface area contributed by atoms with Crippen molar-refractivity contribution in [3.8, 4) is 0 Å². The SMILES string of the molecule is CC(C)(C)[Si](C)(C)O[C@@H]1CC=NNC1. The van der Waals surface area contributed by atoms with Gasteiger partial charge in [-0.15, -0.1) is 0 Å². The van der Waals surface area contributed by atoms with E-state index in [1.807, 2.05) is 6.21 Å². The predicted octanol–water partition coefficient (Wildman–Crippen LogP) is 2.36. The van der Waals surface area contributed by atoms with Crippen LogP contribution in [0.2, 0.25) is 18.1 Å². The van der Waals surface area contributed by atoms with E-state index in [0.29, 0.717) is 11.1 Å². The first-order valence-corrected chi connectivity index (χ1v) is 8.16. The van der Waals surface area contributed by atoms with E-state index in [2.05, 4.69) is 44.4 Å². The number of rotatable bonds is 2. The summed E-state index contributed by atoms with van der Waals surface area (Å²) in [5, 5.41) is 4.27. The van der Waals surface area contributed by atoms with Crippen molar-refractivity contribution in [1.82, 2.24) is 5.43 Å². The summed E-state index contributed by atoms with van der Waals surface area (Å²) >= 11 is 0. The largest absolute Gasteiger partial charge is 0.412 e. The zero-order valence-corrected chi connectivity index (χ0v) is 10.9. The quantitative estimate of drug-likeness (QED) is 0.716. The molecule has 1 aliphatic heterocycles. The molecule has 14 heavy (non-hydrogen) atoms. The minimum Gasteiger partial charge on any atom is -0.412 e.